The fourth-order valence-electron chi connectivity index (χ4n) is 4.44. The number of piperazine rings is 1. The first-order valence-corrected chi connectivity index (χ1v) is 12.3. The van der Waals surface area contributed by atoms with Crippen molar-refractivity contribution in [3.63, 3.8) is 0 Å². The van der Waals surface area contributed by atoms with Gasteiger partial charge in [0.05, 0.1) is 10.3 Å². The molecule has 4 rings (SSSR count). The second kappa shape index (κ2) is 7.22. The number of hydrogen-bond donors (Lipinski definition) is 0. The van der Waals surface area contributed by atoms with E-state index in [9.17, 15) is 13.2 Å². The van der Waals surface area contributed by atoms with E-state index in [1.54, 1.807) is 6.07 Å². The molecule has 1 aromatic carbocycles. The molecule has 1 amide bonds. The summed E-state index contributed by atoms with van der Waals surface area (Å²) in [6.07, 6.45) is 1.75. The van der Waals surface area contributed by atoms with E-state index in [1.807, 2.05) is 18.7 Å². The first-order chi connectivity index (χ1) is 13.6. The standard InChI is InChI=1S/C22H28N2O3S2/c1-15-11-16(2)13-19(12-15)22(5-6-22)21(25)23-7-9-24(10-8-23)29(26,27)20-14-17(3)28-18(20)4/h11-14H,5-10H2,1-4H3. The summed E-state index contributed by atoms with van der Waals surface area (Å²) in [7, 11) is -3.50. The largest absolute Gasteiger partial charge is 0.339 e. The van der Waals surface area contributed by atoms with Crippen molar-refractivity contribution in [1.29, 1.82) is 0 Å². The van der Waals surface area contributed by atoms with Gasteiger partial charge in [0.25, 0.3) is 0 Å². The van der Waals surface area contributed by atoms with Crippen LogP contribution in [0, 0.1) is 27.7 Å². The van der Waals surface area contributed by atoms with Crippen molar-refractivity contribution in [3.8, 4) is 0 Å². The summed E-state index contributed by atoms with van der Waals surface area (Å²) >= 11 is 1.51. The minimum Gasteiger partial charge on any atom is -0.339 e. The third kappa shape index (κ3) is 3.64. The maximum absolute atomic E-state index is 13.3. The van der Waals surface area contributed by atoms with Gasteiger partial charge >= 0.3 is 0 Å². The van der Waals surface area contributed by atoms with Gasteiger partial charge in [-0.05, 0) is 52.2 Å². The molecule has 1 aromatic heterocycles. The zero-order valence-electron chi connectivity index (χ0n) is 17.5. The second-order valence-electron chi connectivity index (χ2n) is 8.43. The van der Waals surface area contributed by atoms with E-state index < -0.39 is 15.4 Å². The van der Waals surface area contributed by atoms with Crippen molar-refractivity contribution in [2.45, 2.75) is 50.8 Å². The molecule has 2 aromatic rings. The molecule has 1 aliphatic carbocycles. The van der Waals surface area contributed by atoms with Gasteiger partial charge in [-0.2, -0.15) is 4.31 Å². The summed E-state index contributed by atoms with van der Waals surface area (Å²) < 4.78 is 27.6. The molecule has 1 saturated heterocycles. The van der Waals surface area contributed by atoms with Gasteiger partial charge < -0.3 is 4.90 Å². The van der Waals surface area contributed by atoms with Gasteiger partial charge in [0.1, 0.15) is 0 Å². The van der Waals surface area contributed by atoms with E-state index >= 15 is 0 Å². The predicted octanol–water partition coefficient (Wildman–Crippen LogP) is 3.55. The summed E-state index contributed by atoms with van der Waals surface area (Å²) in [5, 5.41) is 0. The smallest absolute Gasteiger partial charge is 0.244 e. The third-order valence-corrected chi connectivity index (χ3v) is 9.19. The second-order valence-corrected chi connectivity index (χ2v) is 11.8. The summed E-state index contributed by atoms with van der Waals surface area (Å²) in [5.41, 5.74) is 3.06. The van der Waals surface area contributed by atoms with Crippen LogP contribution in [0.3, 0.4) is 0 Å². The molecule has 0 bridgehead atoms. The SMILES string of the molecule is Cc1cc(C)cc(C2(C(=O)N3CCN(S(=O)(=O)c4cc(C)sc4C)CC3)CC2)c1. The zero-order chi connectivity index (χ0) is 21.0. The molecule has 0 radical (unpaired) electrons. The molecule has 5 nitrogen and oxygen atoms in total. The van der Waals surface area contributed by atoms with Crippen molar-refractivity contribution in [2.24, 2.45) is 0 Å². The molecule has 2 aliphatic rings. The Morgan fingerprint density at radius 2 is 1.52 bits per heavy atom. The molecule has 0 atom stereocenters. The Hall–Kier alpha value is -1.70. The lowest BCUT2D eigenvalue weighted by Gasteiger charge is -2.36. The van der Waals surface area contributed by atoms with Crippen molar-refractivity contribution in [1.82, 2.24) is 9.21 Å². The molecular weight excluding hydrogens is 404 g/mol. The van der Waals surface area contributed by atoms with Crippen LogP contribution in [0.2, 0.25) is 0 Å². The highest BCUT2D eigenvalue weighted by Crippen LogP contribution is 2.50. The molecule has 0 unspecified atom stereocenters. The molecule has 7 heteroatoms. The third-order valence-electron chi connectivity index (χ3n) is 6.07. The highest BCUT2D eigenvalue weighted by Gasteiger charge is 2.53. The van der Waals surface area contributed by atoms with Crippen molar-refractivity contribution in [2.75, 3.05) is 26.2 Å². The normalized spacial score (nSPS) is 19.4. The maximum Gasteiger partial charge on any atom is 0.244 e. The Morgan fingerprint density at radius 3 is 2.00 bits per heavy atom. The minimum atomic E-state index is -3.50. The fourth-order valence-corrected chi connectivity index (χ4v) is 7.38. The van der Waals surface area contributed by atoms with Crippen LogP contribution in [0.1, 0.15) is 39.3 Å². The number of nitrogens with zero attached hydrogens (tertiary/aromatic N) is 2. The van der Waals surface area contributed by atoms with Crippen LogP contribution < -0.4 is 0 Å². The Bertz CT molecular complexity index is 1040. The van der Waals surface area contributed by atoms with Gasteiger partial charge in [0, 0.05) is 35.9 Å². The summed E-state index contributed by atoms with van der Waals surface area (Å²) in [6, 6.07) is 8.13. The van der Waals surface area contributed by atoms with Gasteiger partial charge in [-0.1, -0.05) is 29.3 Å². The Balaban J connectivity index is 1.48. The van der Waals surface area contributed by atoms with Crippen molar-refractivity contribution < 1.29 is 13.2 Å². The average Bonchev–Trinajstić information content (AvgIpc) is 3.39. The number of carbonyl (C=O) groups is 1. The van der Waals surface area contributed by atoms with E-state index in [0.717, 1.165) is 28.2 Å². The van der Waals surface area contributed by atoms with E-state index in [0.29, 0.717) is 31.1 Å². The Labute approximate surface area is 177 Å². The zero-order valence-corrected chi connectivity index (χ0v) is 19.1. The van der Waals surface area contributed by atoms with Crippen LogP contribution in [0.25, 0.3) is 0 Å². The van der Waals surface area contributed by atoms with E-state index in [4.69, 9.17) is 0 Å². The molecule has 156 valence electrons. The number of sulfonamides is 1. The number of rotatable bonds is 4. The van der Waals surface area contributed by atoms with Crippen LogP contribution in [0.5, 0.6) is 0 Å². The maximum atomic E-state index is 13.3. The van der Waals surface area contributed by atoms with Gasteiger partial charge in [0.15, 0.2) is 0 Å². The van der Waals surface area contributed by atoms with Crippen LogP contribution in [0.4, 0.5) is 0 Å². The molecule has 29 heavy (non-hydrogen) atoms. The lowest BCUT2D eigenvalue weighted by Crippen LogP contribution is -2.52. The number of carbonyl (C=O) groups excluding carboxylic acids is 1. The lowest BCUT2D eigenvalue weighted by molar-refractivity contribution is -0.135. The molecule has 1 saturated carbocycles. The van der Waals surface area contributed by atoms with E-state index in [1.165, 1.54) is 26.8 Å². The lowest BCUT2D eigenvalue weighted by atomic mass is 9.91. The highest BCUT2D eigenvalue weighted by atomic mass is 32.2. The van der Waals surface area contributed by atoms with Crippen LogP contribution in [-0.4, -0.2) is 49.7 Å². The van der Waals surface area contributed by atoms with E-state index in [2.05, 4.69) is 32.0 Å². The van der Waals surface area contributed by atoms with Crippen molar-refractivity contribution >= 4 is 27.3 Å². The van der Waals surface area contributed by atoms with Crippen molar-refractivity contribution in [3.05, 3.63) is 50.7 Å². The highest BCUT2D eigenvalue weighted by molar-refractivity contribution is 7.89. The molecule has 2 heterocycles. The minimum absolute atomic E-state index is 0.155. The number of aryl methyl sites for hydroxylation is 4. The Morgan fingerprint density at radius 1 is 0.931 bits per heavy atom. The van der Waals surface area contributed by atoms with Crippen LogP contribution in [0.15, 0.2) is 29.2 Å². The number of benzene rings is 1. The summed E-state index contributed by atoms with van der Waals surface area (Å²) in [5.74, 6) is 0.155. The van der Waals surface area contributed by atoms with Crippen LogP contribution in [-0.2, 0) is 20.2 Å². The number of amides is 1. The quantitative estimate of drug-likeness (QED) is 0.742. The monoisotopic (exact) mass is 432 g/mol. The topological polar surface area (TPSA) is 57.7 Å². The molecular formula is C22H28N2O3S2. The van der Waals surface area contributed by atoms with E-state index in [-0.39, 0.29) is 5.91 Å². The van der Waals surface area contributed by atoms with Gasteiger partial charge in [-0.25, -0.2) is 8.42 Å². The predicted molar refractivity (Wildman–Crippen MR) is 116 cm³/mol. The number of hydrogen-bond acceptors (Lipinski definition) is 4. The van der Waals surface area contributed by atoms with Crippen LogP contribution >= 0.6 is 11.3 Å². The molecule has 1 aliphatic heterocycles. The molecule has 0 N–H and O–H groups in total. The van der Waals surface area contributed by atoms with Gasteiger partial charge in [0.2, 0.25) is 15.9 Å². The van der Waals surface area contributed by atoms with Gasteiger partial charge in [-0.3, -0.25) is 4.79 Å². The van der Waals surface area contributed by atoms with Gasteiger partial charge in [-0.15, -0.1) is 11.3 Å². The number of thiophene rings is 1. The molecule has 0 spiro atoms. The average molecular weight is 433 g/mol. The summed E-state index contributed by atoms with van der Waals surface area (Å²) in [6.45, 7) is 9.51. The first kappa shape index (κ1) is 20.6. The summed E-state index contributed by atoms with van der Waals surface area (Å²) in [4.78, 5) is 17.4. The Kier molecular flexibility index (Phi) is 5.12. The molecule has 2 fully saturated rings. The fraction of sp³-hybridized carbons (Fsp3) is 0.500. The first-order valence-electron chi connectivity index (χ1n) is 10.1.